The molecule has 0 saturated carbocycles. The molecule has 1 aromatic heterocycles. The number of rotatable bonds is 7. The van der Waals surface area contributed by atoms with Gasteiger partial charge in [0.2, 0.25) is 11.6 Å². The molecule has 0 spiro atoms. The number of anilines is 1. The highest BCUT2D eigenvalue weighted by Gasteiger charge is 2.24. The van der Waals surface area contributed by atoms with Crippen molar-refractivity contribution >= 4 is 23.4 Å². The Hall–Kier alpha value is -3.00. The summed E-state index contributed by atoms with van der Waals surface area (Å²) in [6.45, 7) is 1.97. The molecule has 2 N–H and O–H groups in total. The van der Waals surface area contributed by atoms with E-state index in [2.05, 4.69) is 10.6 Å². The van der Waals surface area contributed by atoms with Crippen molar-refractivity contribution in [3.63, 3.8) is 0 Å². The van der Waals surface area contributed by atoms with Crippen molar-refractivity contribution < 1.29 is 18.7 Å². The van der Waals surface area contributed by atoms with E-state index in [-0.39, 0.29) is 12.3 Å². The van der Waals surface area contributed by atoms with E-state index in [9.17, 15) is 9.59 Å². The number of hydrogen-bond acceptors (Lipinski definition) is 5. The van der Waals surface area contributed by atoms with Crippen LogP contribution in [0.2, 0.25) is 0 Å². The van der Waals surface area contributed by atoms with Gasteiger partial charge in [0, 0.05) is 30.0 Å². The van der Waals surface area contributed by atoms with Crippen molar-refractivity contribution in [2.45, 2.75) is 18.4 Å². The Morgan fingerprint density at radius 3 is 2.74 bits per heavy atom. The molecule has 140 valence electrons. The highest BCUT2D eigenvalue weighted by molar-refractivity contribution is 7.99. The summed E-state index contributed by atoms with van der Waals surface area (Å²) in [7, 11) is 1.59. The summed E-state index contributed by atoms with van der Waals surface area (Å²) in [5.41, 5.74) is 2.09. The minimum Gasteiger partial charge on any atom is -0.497 e. The summed E-state index contributed by atoms with van der Waals surface area (Å²) in [5, 5.41) is 5.81. The third kappa shape index (κ3) is 4.79. The number of benzene rings is 2. The Balaban J connectivity index is 1.62. The van der Waals surface area contributed by atoms with Gasteiger partial charge < -0.3 is 10.1 Å². The Labute approximate surface area is 160 Å². The number of ether oxygens (including phenoxy) is 1. The summed E-state index contributed by atoms with van der Waals surface area (Å²) in [6.07, 6.45) is 0.270. The van der Waals surface area contributed by atoms with Crippen LogP contribution in [-0.4, -0.2) is 24.0 Å². The number of methoxy groups -OCH3 is 1. The molecule has 0 saturated heterocycles. The Bertz CT molecular complexity index is 979. The van der Waals surface area contributed by atoms with Crippen molar-refractivity contribution in [3.8, 4) is 11.4 Å². The van der Waals surface area contributed by atoms with Crippen LogP contribution in [0.25, 0.3) is 5.69 Å². The zero-order chi connectivity index (χ0) is 19.2. The molecule has 3 rings (SSSR count). The molecule has 0 radical (unpaired) electrons. The first-order chi connectivity index (χ1) is 13.1. The largest absolute Gasteiger partial charge is 0.497 e. The van der Waals surface area contributed by atoms with E-state index >= 15 is 0 Å². The van der Waals surface area contributed by atoms with Gasteiger partial charge in [-0.15, -0.1) is 0 Å². The molecule has 27 heavy (non-hydrogen) atoms. The lowest BCUT2D eigenvalue weighted by Gasteiger charge is -2.05. The first kappa shape index (κ1) is 18.8. The number of nitrogens with one attached hydrogen (secondary N) is 2. The number of hydrogen-bond donors (Lipinski definition) is 2. The van der Waals surface area contributed by atoms with Crippen LogP contribution in [0.15, 0.2) is 62.9 Å². The fourth-order valence-electron chi connectivity index (χ4n) is 2.47. The lowest BCUT2D eigenvalue weighted by Crippen LogP contribution is -2.36. The second-order valence-corrected chi connectivity index (χ2v) is 6.92. The van der Waals surface area contributed by atoms with Gasteiger partial charge in [-0.2, -0.15) is 0 Å². The monoisotopic (exact) mass is 386 g/mol. The summed E-state index contributed by atoms with van der Waals surface area (Å²) in [5.74, 6) is 1.05. The quantitative estimate of drug-likeness (QED) is 0.481. The predicted molar refractivity (Wildman–Crippen MR) is 103 cm³/mol. The van der Waals surface area contributed by atoms with Gasteiger partial charge in [0.15, 0.2) is 0 Å². The predicted octanol–water partition coefficient (Wildman–Crippen LogP) is 2.68. The van der Waals surface area contributed by atoms with E-state index < -0.39 is 5.63 Å². The smallest absolute Gasteiger partial charge is 0.442 e. The van der Waals surface area contributed by atoms with Crippen LogP contribution in [0.4, 0.5) is 5.69 Å². The zero-order valence-corrected chi connectivity index (χ0v) is 15.8. The molecule has 0 aliphatic heterocycles. The molecular formula is C19H20N3O4S+. The maximum absolute atomic E-state index is 12.1. The van der Waals surface area contributed by atoms with Crippen LogP contribution in [-0.2, 0) is 4.79 Å². The van der Waals surface area contributed by atoms with E-state index in [4.69, 9.17) is 9.26 Å². The number of nitrogens with zero attached hydrogens (tertiary/aromatic N) is 1. The first-order valence-electron chi connectivity index (χ1n) is 8.34. The van der Waals surface area contributed by atoms with Crippen LogP contribution >= 0.6 is 11.8 Å². The van der Waals surface area contributed by atoms with Gasteiger partial charge in [0.25, 0.3) is 0 Å². The number of aromatic nitrogens is 2. The number of thioether (sulfide) groups is 1. The minimum atomic E-state index is -0.477. The highest BCUT2D eigenvalue weighted by Crippen LogP contribution is 2.16. The number of aryl methyl sites for hydroxylation is 1. The van der Waals surface area contributed by atoms with Crippen LogP contribution < -0.4 is 20.4 Å². The van der Waals surface area contributed by atoms with Crippen LogP contribution in [0.3, 0.4) is 0 Å². The molecular weight excluding hydrogens is 366 g/mol. The van der Waals surface area contributed by atoms with Gasteiger partial charge in [-0.3, -0.25) is 9.32 Å². The van der Waals surface area contributed by atoms with E-state index in [0.29, 0.717) is 16.5 Å². The molecule has 3 aromatic rings. The van der Waals surface area contributed by atoms with Crippen molar-refractivity contribution in [2.24, 2.45) is 0 Å². The third-order valence-electron chi connectivity index (χ3n) is 3.81. The van der Waals surface area contributed by atoms with Crippen LogP contribution in [0.1, 0.15) is 12.0 Å². The molecule has 7 nitrogen and oxygen atoms in total. The number of carbonyl (C=O) groups is 1. The van der Waals surface area contributed by atoms with Crippen LogP contribution in [0.5, 0.6) is 5.75 Å². The Morgan fingerprint density at radius 1 is 1.26 bits per heavy atom. The lowest BCUT2D eigenvalue weighted by atomic mass is 10.2. The van der Waals surface area contributed by atoms with Gasteiger partial charge in [-0.1, -0.05) is 12.1 Å². The Morgan fingerprint density at radius 2 is 2.04 bits per heavy atom. The molecule has 0 fully saturated rings. The summed E-state index contributed by atoms with van der Waals surface area (Å²) < 4.78 is 11.6. The molecule has 0 aliphatic rings. The molecule has 1 heterocycles. The van der Waals surface area contributed by atoms with Crippen molar-refractivity contribution in [1.29, 1.82) is 0 Å². The Kier molecular flexibility index (Phi) is 5.97. The highest BCUT2D eigenvalue weighted by atomic mass is 32.2. The second-order valence-electron chi connectivity index (χ2n) is 5.84. The summed E-state index contributed by atoms with van der Waals surface area (Å²) in [4.78, 5) is 24.1. The SMILES string of the molecule is COc1ccc(-[n+]2[nH]oc(=O)c2SCCC(=O)Nc2cccc(C)c2)cc1. The van der Waals surface area contributed by atoms with E-state index in [1.165, 1.54) is 11.8 Å². The molecule has 0 atom stereocenters. The number of carbonyl (C=O) groups excluding carboxylic acids is 1. The molecule has 0 aliphatic carbocycles. The van der Waals surface area contributed by atoms with Gasteiger partial charge in [-0.25, -0.2) is 4.79 Å². The second kappa shape index (κ2) is 8.59. The summed E-state index contributed by atoms with van der Waals surface area (Å²) >= 11 is 1.26. The van der Waals surface area contributed by atoms with Crippen molar-refractivity contribution in [3.05, 3.63) is 64.5 Å². The topological polar surface area (TPSA) is 88.2 Å². The average Bonchev–Trinajstić information content (AvgIpc) is 3.02. The van der Waals surface area contributed by atoms with Gasteiger partial charge in [0.1, 0.15) is 5.75 Å². The van der Waals surface area contributed by atoms with E-state index in [0.717, 1.165) is 16.9 Å². The van der Waals surface area contributed by atoms with Gasteiger partial charge in [0.05, 0.1) is 7.11 Å². The fraction of sp³-hybridized carbons (Fsp3) is 0.211. The zero-order valence-electron chi connectivity index (χ0n) is 15.0. The molecule has 2 aromatic carbocycles. The lowest BCUT2D eigenvalue weighted by molar-refractivity contribution is -0.704. The van der Waals surface area contributed by atoms with Gasteiger partial charge in [-0.05, 0) is 58.5 Å². The summed E-state index contributed by atoms with van der Waals surface area (Å²) in [6, 6.07) is 14.8. The number of amides is 1. The minimum absolute atomic E-state index is 0.107. The van der Waals surface area contributed by atoms with E-state index in [1.54, 1.807) is 36.1 Å². The fourth-order valence-corrected chi connectivity index (χ4v) is 3.39. The maximum atomic E-state index is 12.1. The maximum Gasteiger partial charge on any atom is 0.442 e. The normalized spacial score (nSPS) is 10.6. The first-order valence-corrected chi connectivity index (χ1v) is 9.32. The number of H-pyrrole nitrogens is 1. The van der Waals surface area contributed by atoms with Gasteiger partial charge >= 0.3 is 10.7 Å². The molecule has 8 heteroatoms. The molecule has 0 unspecified atom stereocenters. The molecule has 0 bridgehead atoms. The standard InChI is InChI=1S/C19H19N3O4S/c1-13-4-3-5-14(12-13)20-17(23)10-11-27-18-19(24)26-21-22(18)15-6-8-16(25-2)9-7-15/h3-9,12H,10-11H2,1-2H3,(H-,20,21,23,24)/p+1. The van der Waals surface area contributed by atoms with Crippen molar-refractivity contribution in [1.82, 2.24) is 5.27 Å². The number of aromatic amines is 1. The average molecular weight is 386 g/mol. The van der Waals surface area contributed by atoms with E-state index in [1.807, 2.05) is 31.2 Å². The molecule has 1 amide bonds. The van der Waals surface area contributed by atoms with Crippen molar-refractivity contribution in [2.75, 3.05) is 18.2 Å². The third-order valence-corrected chi connectivity index (χ3v) is 4.84. The van der Waals surface area contributed by atoms with Crippen LogP contribution in [0, 0.1) is 6.92 Å².